The van der Waals surface area contributed by atoms with Crippen LogP contribution in [-0.2, 0) is 49.2 Å². The molecule has 19 nitrogen and oxygen atoms in total. The molecular formula is C53H77FN8O11. The number of methoxy groups -OCH3 is 2. The fourth-order valence-electron chi connectivity index (χ4n) is 12.6. The Morgan fingerprint density at radius 3 is 2.41 bits per heavy atom. The first-order valence-corrected chi connectivity index (χ1v) is 25.9. The number of primary amides is 1. The Bertz CT molecular complexity index is 2390. The van der Waals surface area contributed by atoms with E-state index in [4.69, 9.17) is 38.9 Å². The largest absolute Gasteiger partial charge is 0.459 e. The van der Waals surface area contributed by atoms with Crippen LogP contribution in [0.2, 0.25) is 0 Å². The number of fused-ring (bicyclic) bond motifs is 2. The summed E-state index contributed by atoms with van der Waals surface area (Å²) in [6.45, 7) is 17.0. The third-order valence-corrected chi connectivity index (χ3v) is 16.7. The lowest BCUT2D eigenvalue weighted by atomic mass is 9.72. The molecule has 73 heavy (non-hydrogen) atoms. The predicted molar refractivity (Wildman–Crippen MR) is 265 cm³/mol. The molecule has 20 heteroatoms. The number of nitrogens with zero attached hydrogens (tertiary/aromatic N) is 6. The number of hydrogen-bond acceptors (Lipinski definition) is 17. The van der Waals surface area contributed by atoms with Gasteiger partial charge in [-0.3, -0.25) is 19.4 Å². The van der Waals surface area contributed by atoms with Crippen LogP contribution in [0.25, 0.3) is 11.1 Å². The van der Waals surface area contributed by atoms with Crippen molar-refractivity contribution in [3.63, 3.8) is 0 Å². The van der Waals surface area contributed by atoms with Gasteiger partial charge in [-0.25, -0.2) is 14.0 Å². The van der Waals surface area contributed by atoms with Crippen LogP contribution in [0.3, 0.4) is 0 Å². The number of epoxide rings is 1. The maximum absolute atomic E-state index is 14.9. The van der Waals surface area contributed by atoms with Gasteiger partial charge in [0.25, 0.3) is 11.8 Å². The van der Waals surface area contributed by atoms with Crippen molar-refractivity contribution >= 4 is 17.7 Å². The minimum atomic E-state index is -1.16. The quantitative estimate of drug-likeness (QED) is 0.109. The summed E-state index contributed by atoms with van der Waals surface area (Å²) in [5.41, 5.74) is 6.48. The number of likely N-dealkylation sites (N-methyl/N-ethyl adjacent to an activating group) is 1. The number of benzene rings is 1. The fraction of sp³-hybridized carbons (Fsp3) is 0.698. The molecule has 17 atom stereocenters. The van der Waals surface area contributed by atoms with E-state index in [2.05, 4.69) is 39.4 Å². The van der Waals surface area contributed by atoms with Gasteiger partial charge in [0, 0.05) is 76.2 Å². The predicted octanol–water partition coefficient (Wildman–Crippen LogP) is 4.42. The fourth-order valence-corrected chi connectivity index (χ4v) is 12.6. The van der Waals surface area contributed by atoms with Crippen molar-refractivity contribution in [2.24, 2.45) is 29.4 Å². The third-order valence-electron chi connectivity index (χ3n) is 16.7. The lowest BCUT2D eigenvalue weighted by Gasteiger charge is -2.48. The number of ketones is 1. The topological polar surface area (TPSA) is 227 Å². The van der Waals surface area contributed by atoms with Crippen LogP contribution >= 0.6 is 0 Å². The summed E-state index contributed by atoms with van der Waals surface area (Å²) < 4.78 is 61.2. The van der Waals surface area contributed by atoms with Crippen molar-refractivity contribution in [3.8, 4) is 11.1 Å². The Balaban J connectivity index is 0.973. The van der Waals surface area contributed by atoms with Crippen molar-refractivity contribution in [3.05, 3.63) is 65.7 Å². The molecule has 5 saturated heterocycles. The van der Waals surface area contributed by atoms with E-state index in [9.17, 15) is 23.9 Å². The number of pyridine rings is 1. The zero-order valence-corrected chi connectivity index (χ0v) is 44.2. The minimum Gasteiger partial charge on any atom is -0.459 e. The molecule has 1 amide bonds. The molecule has 0 radical (unpaired) electrons. The number of alkyl halides is 1. The molecule has 3 aromatic rings. The van der Waals surface area contributed by atoms with Gasteiger partial charge in [-0.05, 0) is 83.0 Å². The van der Waals surface area contributed by atoms with Crippen LogP contribution in [0, 0.1) is 23.7 Å². The number of aromatic nitrogens is 4. The van der Waals surface area contributed by atoms with Crippen molar-refractivity contribution < 1.29 is 57.0 Å². The number of aliphatic hydroxyl groups is 1. The molecule has 5 aliphatic heterocycles. The summed E-state index contributed by atoms with van der Waals surface area (Å²) in [4.78, 5) is 48.8. The average Bonchev–Trinajstić information content (AvgIpc) is 3.97. The van der Waals surface area contributed by atoms with Crippen LogP contribution in [-0.4, -0.2) is 173 Å². The Morgan fingerprint density at radius 1 is 1.08 bits per heavy atom. The molecule has 402 valence electrons. The molecule has 7 heterocycles. The zero-order chi connectivity index (χ0) is 52.7. The number of ether oxygens (including phenoxy) is 7. The number of nitrogens with two attached hydrogens (primary N) is 1. The van der Waals surface area contributed by atoms with Crippen molar-refractivity contribution in [2.45, 2.75) is 159 Å². The van der Waals surface area contributed by atoms with Gasteiger partial charge in [0.05, 0.1) is 29.5 Å². The maximum atomic E-state index is 14.9. The molecule has 2 aromatic heterocycles. The second-order valence-corrected chi connectivity index (χ2v) is 21.6. The number of nitrogens with one attached hydrogen (secondary N) is 1. The van der Waals surface area contributed by atoms with E-state index in [0.29, 0.717) is 57.6 Å². The number of Topliss-reactive ketones (excluding diaryl/α,β-unsaturated/α-hetero) is 1. The number of carbonyl (C=O) groups excluding carboxylic acids is 3. The highest BCUT2D eigenvalue weighted by molar-refractivity contribution is 6.00. The van der Waals surface area contributed by atoms with Gasteiger partial charge in [-0.15, -0.1) is 5.10 Å². The molecular weight excluding hydrogens is 944 g/mol. The molecule has 5 fully saturated rings. The SMILES string of the molecule is CC[C@H]1OC(=O)[C@H](C)C(=O)[C@H](C)[C@@H](O[C@@H]2O[C@H](C)C[C@H](N(C)CCc3cn([C@H](CF)[C@H](OC)c4ccc(-c5ccc(C(N)=O)nc5)cc4)nn3)[C@H]2O)[C@](C)(OC)C[C@@H](C)[C@@H]2NCCN3[C@H]([C@H]2C)[C@]1(C)OC31CO1. The van der Waals surface area contributed by atoms with E-state index in [1.165, 1.54) is 11.8 Å². The van der Waals surface area contributed by atoms with E-state index < -0.39 is 90.3 Å². The van der Waals surface area contributed by atoms with Gasteiger partial charge in [-0.2, -0.15) is 0 Å². The molecule has 5 aliphatic rings. The molecule has 0 aliphatic carbocycles. The lowest BCUT2D eigenvalue weighted by molar-refractivity contribution is -0.296. The zero-order valence-electron chi connectivity index (χ0n) is 44.2. The highest BCUT2D eigenvalue weighted by Gasteiger charge is 2.71. The standard InChI is InChI=1S/C53H77FN8O11/c1-12-41-52(8)46-31(4)42(56-20-22-61(46)53(73-52)28-69-53)29(2)24-51(7,68-11)47(32(5)43(63)33(6)49(66)71-41)72-50-44(64)39(23-30(3)70-50)60(9)21-19-37-27-62(59-58-37)40(25-54)45(67-10)35-15-13-34(14-16-35)36-17-18-38(48(55)65)57-26-36/h13-18,26-27,29-33,39-42,44-47,50,56,64H,12,19-25,28H2,1-11H3,(H2,55,65)/t29-,30-,31+,32+,33-,39+,40-,41-,42+,44-,45-,46-,47-,50+,51-,52-,53?/m1/s1. The van der Waals surface area contributed by atoms with Crippen molar-refractivity contribution in [1.29, 1.82) is 0 Å². The number of carbonyl (C=O) groups is 3. The summed E-state index contributed by atoms with van der Waals surface area (Å²) in [5, 5.41) is 24.8. The summed E-state index contributed by atoms with van der Waals surface area (Å²) >= 11 is 0. The highest BCUT2D eigenvalue weighted by Crippen LogP contribution is 2.54. The van der Waals surface area contributed by atoms with E-state index in [-0.39, 0.29) is 41.5 Å². The van der Waals surface area contributed by atoms with Crippen LogP contribution in [0.4, 0.5) is 4.39 Å². The van der Waals surface area contributed by atoms with E-state index in [1.54, 1.807) is 45.5 Å². The minimum absolute atomic E-state index is 0.00150. The van der Waals surface area contributed by atoms with Crippen molar-refractivity contribution in [2.75, 3.05) is 54.2 Å². The van der Waals surface area contributed by atoms with Gasteiger partial charge in [-0.1, -0.05) is 63.2 Å². The third kappa shape index (κ3) is 10.8. The van der Waals surface area contributed by atoms with Gasteiger partial charge in [0.15, 0.2) is 12.1 Å². The molecule has 1 unspecified atom stereocenters. The van der Waals surface area contributed by atoms with Crippen LogP contribution in [0.15, 0.2) is 48.8 Å². The first-order valence-electron chi connectivity index (χ1n) is 25.9. The number of halogens is 1. The second-order valence-electron chi connectivity index (χ2n) is 21.6. The number of esters is 1. The summed E-state index contributed by atoms with van der Waals surface area (Å²) in [6.07, 6.45) is 0.182. The molecule has 8 rings (SSSR count). The average molecular weight is 1020 g/mol. The van der Waals surface area contributed by atoms with E-state index in [0.717, 1.165) is 16.7 Å². The Labute approximate surface area is 428 Å². The number of aliphatic hydroxyl groups excluding tert-OH is 1. The van der Waals surface area contributed by atoms with Crippen molar-refractivity contribution in [1.82, 2.24) is 35.1 Å². The highest BCUT2D eigenvalue weighted by atomic mass is 19.1. The van der Waals surface area contributed by atoms with E-state index >= 15 is 0 Å². The molecule has 0 saturated carbocycles. The van der Waals surface area contributed by atoms with Gasteiger partial charge < -0.3 is 54.2 Å². The van der Waals surface area contributed by atoms with E-state index in [1.807, 2.05) is 63.9 Å². The first-order chi connectivity index (χ1) is 34.7. The Hall–Kier alpha value is -4.35. The second kappa shape index (κ2) is 22.1. The summed E-state index contributed by atoms with van der Waals surface area (Å²) in [6, 6.07) is 9.33. The molecule has 4 N–H and O–H groups in total. The normalized spacial score (nSPS) is 37.1. The summed E-state index contributed by atoms with van der Waals surface area (Å²) in [7, 11) is 5.05. The molecule has 2 bridgehead atoms. The summed E-state index contributed by atoms with van der Waals surface area (Å²) in [5.74, 6) is -4.56. The smallest absolute Gasteiger partial charge is 0.316 e. The van der Waals surface area contributed by atoms with Gasteiger partial charge in [0.1, 0.15) is 54.8 Å². The Morgan fingerprint density at radius 2 is 1.79 bits per heavy atom. The van der Waals surface area contributed by atoms with Crippen LogP contribution in [0.5, 0.6) is 0 Å². The van der Waals surface area contributed by atoms with Gasteiger partial charge >= 0.3 is 5.97 Å². The maximum Gasteiger partial charge on any atom is 0.316 e. The monoisotopic (exact) mass is 1020 g/mol. The molecule has 1 spiro atoms. The first kappa shape index (κ1) is 54.9. The number of rotatable bonds is 15. The lowest BCUT2D eigenvalue weighted by Crippen LogP contribution is -2.61. The van der Waals surface area contributed by atoms with Crippen LogP contribution < -0.4 is 11.1 Å². The molecule has 1 aromatic carbocycles. The Kier molecular flexibility index (Phi) is 16.6. The number of hydrogen-bond donors (Lipinski definition) is 3. The number of amides is 1. The number of cyclic esters (lactones) is 1. The van der Waals surface area contributed by atoms with Crippen LogP contribution in [0.1, 0.15) is 109 Å². The van der Waals surface area contributed by atoms with Gasteiger partial charge in [0.2, 0.25) is 0 Å².